The van der Waals surface area contributed by atoms with Gasteiger partial charge in [0.15, 0.2) is 0 Å². The van der Waals surface area contributed by atoms with Crippen molar-refractivity contribution in [2.24, 2.45) is 0 Å². The highest BCUT2D eigenvalue weighted by molar-refractivity contribution is 9.10. The monoisotopic (exact) mass is 608 g/mol. The highest BCUT2D eigenvalue weighted by Gasteiger charge is 2.46. The van der Waals surface area contributed by atoms with Crippen molar-refractivity contribution < 1.29 is 12.4 Å². The lowest BCUT2D eigenvalue weighted by atomic mass is 10.1. The van der Waals surface area contributed by atoms with Gasteiger partial charge in [-0.15, -0.1) is 0 Å². The maximum atomic E-state index is 5.16. The van der Waals surface area contributed by atoms with E-state index in [1.54, 1.807) is 0 Å². The van der Waals surface area contributed by atoms with E-state index in [2.05, 4.69) is 162 Å². The van der Waals surface area contributed by atoms with E-state index in [1.165, 1.54) is 21.5 Å². The van der Waals surface area contributed by atoms with Gasteiger partial charge >= 0.3 is 0 Å². The number of benzene rings is 5. The summed E-state index contributed by atoms with van der Waals surface area (Å²) in [6, 6.07) is 52.0. The molecule has 0 amide bonds. The summed E-state index contributed by atoms with van der Waals surface area (Å²) in [5.74, 6) is 0. The van der Waals surface area contributed by atoms with Crippen molar-refractivity contribution in [3.63, 3.8) is 0 Å². The van der Waals surface area contributed by atoms with Crippen LogP contribution in [-0.4, -0.2) is 9.78 Å². The number of nitrogens with zero attached hydrogens (tertiary/aromatic N) is 2. The quantitative estimate of drug-likeness (QED) is 0.238. The molecule has 192 valence electrons. The van der Waals surface area contributed by atoms with Crippen molar-refractivity contribution in [3.8, 4) is 16.9 Å². The second kappa shape index (κ2) is 12.1. The van der Waals surface area contributed by atoms with Crippen molar-refractivity contribution in [3.05, 3.63) is 162 Å². The van der Waals surface area contributed by atoms with Crippen LogP contribution in [-0.2, 0) is 6.16 Å². The summed E-state index contributed by atoms with van der Waals surface area (Å²) in [6.45, 7) is 0. The Balaban J connectivity index is 0.00000308. The highest BCUT2D eigenvalue weighted by Crippen LogP contribution is 2.58. The molecule has 0 saturated heterocycles. The van der Waals surface area contributed by atoms with E-state index < -0.39 is 7.26 Å². The van der Waals surface area contributed by atoms with E-state index in [1.807, 2.05) is 10.7 Å². The van der Waals surface area contributed by atoms with Crippen molar-refractivity contribution in [1.82, 2.24) is 9.78 Å². The summed E-state index contributed by atoms with van der Waals surface area (Å²) in [4.78, 5) is 0. The second-order valence-corrected chi connectivity index (χ2v) is 13.7. The van der Waals surface area contributed by atoms with Gasteiger partial charge < -0.3 is 12.4 Å². The number of hydrogen-bond donors (Lipinski definition) is 0. The SMILES string of the molecule is Brc1ccc(-c2nn(-c3ccccc3)cc2C[P+](c2ccccc2)(c2ccccc2)c2ccccc2)cc1.[Cl-]. The first kappa shape index (κ1) is 27.1. The minimum absolute atomic E-state index is 0. The number of hydrogen-bond acceptors (Lipinski definition) is 1. The topological polar surface area (TPSA) is 17.8 Å². The van der Waals surface area contributed by atoms with E-state index in [9.17, 15) is 0 Å². The van der Waals surface area contributed by atoms with Crippen LogP contribution in [0.1, 0.15) is 5.56 Å². The normalized spacial score (nSPS) is 11.1. The molecule has 0 bridgehead atoms. The highest BCUT2D eigenvalue weighted by atomic mass is 79.9. The zero-order chi connectivity index (χ0) is 25.8. The van der Waals surface area contributed by atoms with Crippen molar-refractivity contribution in [2.75, 3.05) is 0 Å². The standard InChI is InChI=1S/C34H27BrN2P.ClH/c35-29-23-21-27(22-24-29)34-28(25-37(36-34)30-13-5-1-6-14-30)26-38(31-15-7-2-8-16-31,32-17-9-3-10-18-32)33-19-11-4-12-20-33;/h1-25H,26H2;1H/q+1;/p-1. The Morgan fingerprint density at radius 3 is 1.46 bits per heavy atom. The van der Waals surface area contributed by atoms with Crippen LogP contribution in [0.15, 0.2) is 156 Å². The number of para-hydroxylation sites is 1. The Kier molecular flexibility index (Phi) is 8.43. The molecule has 0 aliphatic rings. The first-order valence-corrected chi connectivity index (χ1v) is 15.5. The Morgan fingerprint density at radius 2 is 1.00 bits per heavy atom. The van der Waals surface area contributed by atoms with Crippen LogP contribution in [0.2, 0.25) is 0 Å². The molecule has 0 aliphatic heterocycles. The minimum Gasteiger partial charge on any atom is -1.00 e. The summed E-state index contributed by atoms with van der Waals surface area (Å²) in [5, 5.41) is 9.27. The van der Waals surface area contributed by atoms with Crippen molar-refractivity contribution in [1.29, 1.82) is 0 Å². The third-order valence-electron chi connectivity index (χ3n) is 6.93. The van der Waals surface area contributed by atoms with Gasteiger partial charge in [0.25, 0.3) is 0 Å². The molecule has 0 fully saturated rings. The van der Waals surface area contributed by atoms with Gasteiger partial charge in [-0.05, 0) is 60.7 Å². The second-order valence-electron chi connectivity index (χ2n) is 9.26. The number of rotatable bonds is 7. The third kappa shape index (κ3) is 5.49. The molecule has 1 aromatic heterocycles. The van der Waals surface area contributed by atoms with Crippen LogP contribution in [0.4, 0.5) is 0 Å². The molecule has 5 aromatic carbocycles. The fourth-order valence-corrected chi connectivity index (χ4v) is 9.61. The van der Waals surface area contributed by atoms with Gasteiger partial charge in [-0.1, -0.05) is 101 Å². The summed E-state index contributed by atoms with van der Waals surface area (Å²) in [7, 11) is -2.07. The zero-order valence-electron chi connectivity index (χ0n) is 21.2. The average Bonchev–Trinajstić information content (AvgIpc) is 3.42. The van der Waals surface area contributed by atoms with E-state index in [0.29, 0.717) is 0 Å². The maximum absolute atomic E-state index is 5.16. The molecule has 0 saturated carbocycles. The van der Waals surface area contributed by atoms with Gasteiger partial charge in [-0.2, -0.15) is 5.10 Å². The Labute approximate surface area is 245 Å². The lowest BCUT2D eigenvalue weighted by Gasteiger charge is -2.27. The first-order valence-electron chi connectivity index (χ1n) is 12.7. The minimum atomic E-state index is -2.07. The Bertz CT molecular complexity index is 1530. The van der Waals surface area contributed by atoms with Gasteiger partial charge in [-0.3, -0.25) is 0 Å². The van der Waals surface area contributed by atoms with Crippen LogP contribution in [0.5, 0.6) is 0 Å². The lowest BCUT2D eigenvalue weighted by Crippen LogP contribution is -3.00. The molecular formula is C34H27BrClN2P. The van der Waals surface area contributed by atoms with Gasteiger partial charge in [0.05, 0.1) is 11.4 Å². The predicted octanol–water partition coefficient (Wildman–Crippen LogP) is 4.80. The molecule has 0 atom stereocenters. The number of aromatic nitrogens is 2. The van der Waals surface area contributed by atoms with E-state index in [4.69, 9.17) is 5.10 Å². The van der Waals surface area contributed by atoms with Gasteiger partial charge in [-0.25, -0.2) is 4.68 Å². The molecule has 39 heavy (non-hydrogen) atoms. The molecule has 5 heteroatoms. The molecular weight excluding hydrogens is 583 g/mol. The van der Waals surface area contributed by atoms with Crippen molar-refractivity contribution in [2.45, 2.75) is 6.16 Å². The molecule has 0 radical (unpaired) electrons. The first-order chi connectivity index (χ1) is 18.7. The van der Waals surface area contributed by atoms with Crippen LogP contribution in [0.25, 0.3) is 16.9 Å². The van der Waals surface area contributed by atoms with Crippen LogP contribution >= 0.6 is 23.2 Å². The molecule has 1 heterocycles. The fourth-order valence-electron chi connectivity index (χ4n) is 5.11. The molecule has 0 aliphatic carbocycles. The van der Waals surface area contributed by atoms with Gasteiger partial charge in [0, 0.05) is 21.8 Å². The molecule has 6 aromatic rings. The van der Waals surface area contributed by atoms with Crippen LogP contribution in [0, 0.1) is 0 Å². The summed E-state index contributed by atoms with van der Waals surface area (Å²) in [5.41, 5.74) is 4.43. The zero-order valence-corrected chi connectivity index (χ0v) is 24.5. The fraction of sp³-hybridized carbons (Fsp3) is 0.0294. The van der Waals surface area contributed by atoms with E-state index >= 15 is 0 Å². The summed E-state index contributed by atoms with van der Waals surface area (Å²) < 4.78 is 3.09. The largest absolute Gasteiger partial charge is 1.00 e. The summed E-state index contributed by atoms with van der Waals surface area (Å²) in [6.07, 6.45) is 3.10. The predicted molar refractivity (Wildman–Crippen MR) is 166 cm³/mol. The lowest BCUT2D eigenvalue weighted by molar-refractivity contribution is -0.00000724. The van der Waals surface area contributed by atoms with Gasteiger partial charge in [0.2, 0.25) is 0 Å². The van der Waals surface area contributed by atoms with Gasteiger partial charge in [0.1, 0.15) is 29.3 Å². The maximum Gasteiger partial charge on any atom is 0.116 e. The molecule has 0 N–H and O–H groups in total. The molecule has 6 rings (SSSR count). The van der Waals surface area contributed by atoms with Crippen molar-refractivity contribution >= 4 is 39.1 Å². The third-order valence-corrected chi connectivity index (χ3v) is 11.8. The summed E-state index contributed by atoms with van der Waals surface area (Å²) >= 11 is 3.60. The van der Waals surface area contributed by atoms with Crippen LogP contribution < -0.4 is 28.3 Å². The molecule has 0 unspecified atom stereocenters. The Hall–Kier alpha value is -3.49. The van der Waals surface area contributed by atoms with E-state index in [0.717, 1.165) is 27.6 Å². The van der Waals surface area contributed by atoms with Crippen LogP contribution in [0.3, 0.4) is 0 Å². The van der Waals surface area contributed by atoms with E-state index in [-0.39, 0.29) is 12.4 Å². The smallest absolute Gasteiger partial charge is 0.116 e. The molecule has 0 spiro atoms. The number of halogens is 2. The molecule has 2 nitrogen and oxygen atoms in total. The average molecular weight is 610 g/mol. The Morgan fingerprint density at radius 1 is 0.564 bits per heavy atom.